The second-order valence-corrected chi connectivity index (χ2v) is 3.70. The molecule has 1 aliphatic carbocycles. The van der Waals surface area contributed by atoms with Crippen LogP contribution in [0.15, 0.2) is 30.0 Å². The Morgan fingerprint density at radius 1 is 1.31 bits per heavy atom. The molecule has 1 heterocycles. The lowest BCUT2D eigenvalue weighted by Crippen LogP contribution is -1.97. The van der Waals surface area contributed by atoms with Gasteiger partial charge in [-0.3, -0.25) is 0 Å². The number of nitrogen functional groups attached to an aromatic ring is 1. The summed E-state index contributed by atoms with van der Waals surface area (Å²) in [6, 6.07) is 0. The summed E-state index contributed by atoms with van der Waals surface area (Å²) in [5, 5.41) is 0.278. The fourth-order valence-corrected chi connectivity index (χ4v) is 1.45. The van der Waals surface area contributed by atoms with Crippen LogP contribution in [0.3, 0.4) is 0 Å². The topological polar surface area (TPSA) is 51.8 Å². The Balaban J connectivity index is 2.24. The number of hydrogen-bond donors (Lipinski definition) is 1. The smallest absolute Gasteiger partial charge is 0.159 e. The zero-order chi connectivity index (χ0) is 11.4. The maximum atomic E-state index is 5.64. The zero-order valence-electron chi connectivity index (χ0n) is 8.57. The SMILES string of the molecule is Nc1nc(Cl)cnc1C#CC1=CCCC=C1. The van der Waals surface area contributed by atoms with Crippen LogP contribution in [0.2, 0.25) is 5.15 Å². The number of nitrogens with two attached hydrogens (primary N) is 1. The van der Waals surface area contributed by atoms with Gasteiger partial charge < -0.3 is 5.73 Å². The van der Waals surface area contributed by atoms with Crippen molar-refractivity contribution in [3.8, 4) is 11.8 Å². The Labute approximate surface area is 99.0 Å². The first-order valence-electron chi connectivity index (χ1n) is 4.92. The molecular weight excluding hydrogens is 222 g/mol. The summed E-state index contributed by atoms with van der Waals surface area (Å²) in [6.45, 7) is 0. The van der Waals surface area contributed by atoms with Gasteiger partial charge in [0.2, 0.25) is 0 Å². The summed E-state index contributed by atoms with van der Waals surface area (Å²) in [4.78, 5) is 7.90. The van der Waals surface area contributed by atoms with Crippen LogP contribution in [0.5, 0.6) is 0 Å². The van der Waals surface area contributed by atoms with E-state index in [0.717, 1.165) is 18.4 Å². The van der Waals surface area contributed by atoms with E-state index in [9.17, 15) is 0 Å². The Morgan fingerprint density at radius 2 is 2.19 bits per heavy atom. The van der Waals surface area contributed by atoms with Crippen LogP contribution < -0.4 is 5.73 Å². The Kier molecular flexibility index (Phi) is 3.23. The molecule has 0 atom stereocenters. The molecule has 2 rings (SSSR count). The lowest BCUT2D eigenvalue weighted by Gasteiger charge is -1.98. The minimum absolute atomic E-state index is 0.264. The number of hydrogen-bond acceptors (Lipinski definition) is 3. The molecule has 1 aliphatic rings. The first kappa shape index (κ1) is 10.7. The third-order valence-corrected chi connectivity index (χ3v) is 2.27. The fraction of sp³-hybridized carbons (Fsp3) is 0.167. The van der Waals surface area contributed by atoms with Crippen molar-refractivity contribution in [1.29, 1.82) is 0 Å². The normalized spacial score (nSPS) is 13.9. The highest BCUT2D eigenvalue weighted by Gasteiger charge is 1.99. The molecule has 0 saturated carbocycles. The van der Waals surface area contributed by atoms with E-state index in [1.165, 1.54) is 6.20 Å². The predicted octanol–water partition coefficient (Wildman–Crippen LogP) is 2.34. The highest BCUT2D eigenvalue weighted by Crippen LogP contribution is 2.11. The van der Waals surface area contributed by atoms with E-state index in [4.69, 9.17) is 17.3 Å². The molecule has 2 N–H and O–H groups in total. The van der Waals surface area contributed by atoms with E-state index >= 15 is 0 Å². The zero-order valence-corrected chi connectivity index (χ0v) is 9.33. The van der Waals surface area contributed by atoms with Crippen LogP contribution >= 0.6 is 11.6 Å². The molecule has 0 spiro atoms. The molecule has 1 aromatic rings. The predicted molar refractivity (Wildman–Crippen MR) is 64.8 cm³/mol. The maximum Gasteiger partial charge on any atom is 0.159 e. The Morgan fingerprint density at radius 3 is 2.88 bits per heavy atom. The lowest BCUT2D eigenvalue weighted by molar-refractivity contribution is 1.03. The molecule has 0 radical (unpaired) electrons. The molecule has 0 aromatic carbocycles. The van der Waals surface area contributed by atoms with Crippen molar-refractivity contribution >= 4 is 17.4 Å². The number of allylic oxidation sites excluding steroid dienone is 4. The van der Waals surface area contributed by atoms with Gasteiger partial charge in [0.05, 0.1) is 6.20 Å². The average molecular weight is 232 g/mol. The van der Waals surface area contributed by atoms with Crippen LogP contribution in [0, 0.1) is 11.8 Å². The summed E-state index contributed by atoms with van der Waals surface area (Å²) in [7, 11) is 0. The summed E-state index contributed by atoms with van der Waals surface area (Å²) in [5.74, 6) is 6.14. The van der Waals surface area contributed by atoms with Gasteiger partial charge in [0.15, 0.2) is 11.5 Å². The number of halogens is 1. The maximum absolute atomic E-state index is 5.64. The van der Waals surface area contributed by atoms with Gasteiger partial charge >= 0.3 is 0 Å². The Bertz CT molecular complexity index is 521. The van der Waals surface area contributed by atoms with E-state index in [1.54, 1.807) is 0 Å². The van der Waals surface area contributed by atoms with Crippen molar-refractivity contribution < 1.29 is 0 Å². The molecule has 16 heavy (non-hydrogen) atoms. The van der Waals surface area contributed by atoms with Gasteiger partial charge in [0.25, 0.3) is 0 Å². The van der Waals surface area contributed by atoms with Crippen molar-refractivity contribution in [2.75, 3.05) is 5.73 Å². The van der Waals surface area contributed by atoms with E-state index in [0.29, 0.717) is 5.69 Å². The molecule has 1 aromatic heterocycles. The molecule has 3 nitrogen and oxygen atoms in total. The first-order chi connectivity index (χ1) is 7.75. The van der Waals surface area contributed by atoms with Gasteiger partial charge in [-0.25, -0.2) is 9.97 Å². The molecule has 0 fully saturated rings. The second-order valence-electron chi connectivity index (χ2n) is 3.32. The van der Waals surface area contributed by atoms with Crippen LogP contribution in [-0.2, 0) is 0 Å². The summed E-state index contributed by atoms with van der Waals surface area (Å²) in [6.07, 6.45) is 9.73. The van der Waals surface area contributed by atoms with Crippen molar-refractivity contribution in [3.05, 3.63) is 40.8 Å². The van der Waals surface area contributed by atoms with Crippen LogP contribution in [-0.4, -0.2) is 9.97 Å². The van der Waals surface area contributed by atoms with Crippen molar-refractivity contribution in [2.24, 2.45) is 0 Å². The van der Waals surface area contributed by atoms with Crippen molar-refractivity contribution in [3.63, 3.8) is 0 Å². The van der Waals surface area contributed by atoms with Crippen LogP contribution in [0.4, 0.5) is 5.82 Å². The number of rotatable bonds is 0. The highest BCUT2D eigenvalue weighted by atomic mass is 35.5. The molecule has 0 unspecified atom stereocenters. The standard InChI is InChI=1S/C12H10ClN3/c13-11-8-15-10(12(14)16-11)7-6-9-4-2-1-3-5-9/h2,4-5,8H,1,3H2,(H2,14,16). The summed E-state index contributed by atoms with van der Waals surface area (Å²) < 4.78 is 0. The molecule has 0 saturated heterocycles. The lowest BCUT2D eigenvalue weighted by atomic mass is 10.1. The monoisotopic (exact) mass is 231 g/mol. The van der Waals surface area contributed by atoms with Gasteiger partial charge in [-0.1, -0.05) is 35.7 Å². The van der Waals surface area contributed by atoms with Gasteiger partial charge in [0, 0.05) is 5.57 Å². The third-order valence-electron chi connectivity index (χ3n) is 2.09. The molecule has 4 heteroatoms. The van der Waals surface area contributed by atoms with E-state index in [2.05, 4.69) is 34.0 Å². The molecule has 0 aliphatic heterocycles. The van der Waals surface area contributed by atoms with Gasteiger partial charge in [-0.05, 0) is 18.8 Å². The number of anilines is 1. The fourth-order valence-electron chi connectivity index (χ4n) is 1.31. The molecular formula is C12H10ClN3. The summed E-state index contributed by atoms with van der Waals surface area (Å²) >= 11 is 5.64. The molecule has 80 valence electrons. The van der Waals surface area contributed by atoms with Gasteiger partial charge in [-0.2, -0.15) is 0 Å². The second kappa shape index (κ2) is 4.82. The van der Waals surface area contributed by atoms with Crippen molar-refractivity contribution in [2.45, 2.75) is 12.8 Å². The minimum Gasteiger partial charge on any atom is -0.381 e. The summed E-state index contributed by atoms with van der Waals surface area (Å²) in [5.41, 5.74) is 7.09. The van der Waals surface area contributed by atoms with E-state index in [1.807, 2.05) is 6.08 Å². The Hall–Kier alpha value is -1.79. The third kappa shape index (κ3) is 2.62. The van der Waals surface area contributed by atoms with Crippen LogP contribution in [0.1, 0.15) is 18.5 Å². The van der Waals surface area contributed by atoms with E-state index in [-0.39, 0.29) is 11.0 Å². The minimum atomic E-state index is 0.264. The molecule has 0 bridgehead atoms. The van der Waals surface area contributed by atoms with Crippen LogP contribution in [0.25, 0.3) is 0 Å². The number of aromatic nitrogens is 2. The number of nitrogens with zero attached hydrogens (tertiary/aromatic N) is 2. The first-order valence-corrected chi connectivity index (χ1v) is 5.30. The average Bonchev–Trinajstić information content (AvgIpc) is 2.29. The van der Waals surface area contributed by atoms with Gasteiger partial charge in [0.1, 0.15) is 5.15 Å². The van der Waals surface area contributed by atoms with E-state index < -0.39 is 0 Å². The quantitative estimate of drug-likeness (QED) is 0.698. The highest BCUT2D eigenvalue weighted by molar-refractivity contribution is 6.29. The molecule has 0 amide bonds. The van der Waals surface area contributed by atoms with Gasteiger partial charge in [-0.15, -0.1) is 0 Å². The van der Waals surface area contributed by atoms with Crippen molar-refractivity contribution in [1.82, 2.24) is 9.97 Å². The largest absolute Gasteiger partial charge is 0.381 e.